The van der Waals surface area contributed by atoms with E-state index in [4.69, 9.17) is 0 Å². The molecule has 2 aliphatic rings. The van der Waals surface area contributed by atoms with Gasteiger partial charge in [0.05, 0.1) is 12.1 Å². The topological polar surface area (TPSA) is 96.3 Å². The van der Waals surface area contributed by atoms with Crippen LogP contribution in [0.25, 0.3) is 0 Å². The standard InChI is InChI=1S/C14H16F3N5O3/c1-2-22-6-8(9(20-22)14(15,16)17)10(23)21-5-3-4-13(7-21)11(24)18-12(25)19-13/h6H,2-5,7H2,1H3,(H2,18,19,24,25). The van der Waals surface area contributed by atoms with E-state index in [0.29, 0.717) is 12.8 Å². The first kappa shape index (κ1) is 17.2. The zero-order valence-electron chi connectivity index (χ0n) is 13.3. The highest BCUT2D eigenvalue weighted by molar-refractivity contribution is 6.07. The van der Waals surface area contributed by atoms with Crippen molar-refractivity contribution in [1.29, 1.82) is 0 Å². The van der Waals surface area contributed by atoms with Crippen molar-refractivity contribution in [3.8, 4) is 0 Å². The molecule has 2 fully saturated rings. The van der Waals surface area contributed by atoms with Crippen LogP contribution >= 0.6 is 0 Å². The summed E-state index contributed by atoms with van der Waals surface area (Å²) in [5.74, 6) is -1.43. The number of amides is 4. The maximum absolute atomic E-state index is 13.2. The van der Waals surface area contributed by atoms with E-state index in [2.05, 4.69) is 15.7 Å². The average molecular weight is 359 g/mol. The number of likely N-dealkylation sites (tertiary alicyclic amines) is 1. The number of carbonyl (C=O) groups excluding carboxylic acids is 3. The number of alkyl halides is 3. The maximum atomic E-state index is 13.2. The number of halogens is 3. The Hall–Kier alpha value is -2.59. The molecule has 0 radical (unpaired) electrons. The summed E-state index contributed by atoms with van der Waals surface area (Å²) < 4.78 is 40.5. The number of nitrogens with zero attached hydrogens (tertiary/aromatic N) is 3. The van der Waals surface area contributed by atoms with Gasteiger partial charge >= 0.3 is 12.2 Å². The summed E-state index contributed by atoms with van der Waals surface area (Å²) in [6, 6.07) is -0.672. The third-order valence-electron chi connectivity index (χ3n) is 4.38. The van der Waals surface area contributed by atoms with Crippen molar-refractivity contribution >= 4 is 17.8 Å². The monoisotopic (exact) mass is 359 g/mol. The maximum Gasteiger partial charge on any atom is 0.435 e. The van der Waals surface area contributed by atoms with E-state index < -0.39 is 40.8 Å². The lowest BCUT2D eigenvalue weighted by molar-refractivity contribution is -0.142. The van der Waals surface area contributed by atoms with Crippen LogP contribution in [-0.4, -0.2) is 51.2 Å². The van der Waals surface area contributed by atoms with Gasteiger partial charge < -0.3 is 10.2 Å². The molecule has 11 heteroatoms. The van der Waals surface area contributed by atoms with Gasteiger partial charge in [0, 0.05) is 19.3 Å². The van der Waals surface area contributed by atoms with Crippen LogP contribution in [0.15, 0.2) is 6.20 Å². The van der Waals surface area contributed by atoms with Gasteiger partial charge in [-0.05, 0) is 19.8 Å². The van der Waals surface area contributed by atoms with Crippen LogP contribution in [0.3, 0.4) is 0 Å². The second-order valence-electron chi connectivity index (χ2n) is 6.07. The molecular formula is C14H16F3N5O3. The molecule has 1 aromatic heterocycles. The fourth-order valence-corrected chi connectivity index (χ4v) is 3.16. The molecular weight excluding hydrogens is 343 g/mol. The van der Waals surface area contributed by atoms with Crippen molar-refractivity contribution in [1.82, 2.24) is 25.3 Å². The van der Waals surface area contributed by atoms with Crippen molar-refractivity contribution in [3.05, 3.63) is 17.5 Å². The Morgan fingerprint density at radius 1 is 1.40 bits per heavy atom. The Bertz CT molecular complexity index is 745. The largest absolute Gasteiger partial charge is 0.435 e. The van der Waals surface area contributed by atoms with Gasteiger partial charge in [0.2, 0.25) is 0 Å². The van der Waals surface area contributed by atoms with Crippen LogP contribution in [0, 0.1) is 0 Å². The Kier molecular flexibility index (Phi) is 3.96. The molecule has 136 valence electrons. The highest BCUT2D eigenvalue weighted by Crippen LogP contribution is 2.32. The van der Waals surface area contributed by atoms with E-state index in [9.17, 15) is 27.6 Å². The number of rotatable bonds is 2. The number of nitrogens with one attached hydrogen (secondary N) is 2. The average Bonchev–Trinajstić information content (AvgIpc) is 3.08. The Morgan fingerprint density at radius 3 is 2.68 bits per heavy atom. The Balaban J connectivity index is 1.90. The Morgan fingerprint density at radius 2 is 2.12 bits per heavy atom. The molecule has 3 rings (SSSR count). The third kappa shape index (κ3) is 2.94. The summed E-state index contributed by atoms with van der Waals surface area (Å²) in [5, 5.41) is 8.01. The molecule has 2 aliphatic heterocycles. The number of hydrogen-bond acceptors (Lipinski definition) is 4. The zero-order valence-corrected chi connectivity index (χ0v) is 13.3. The first-order valence-corrected chi connectivity index (χ1v) is 7.74. The molecule has 2 N–H and O–H groups in total. The molecule has 4 amide bonds. The smallest absolute Gasteiger partial charge is 0.336 e. The van der Waals surface area contributed by atoms with E-state index >= 15 is 0 Å². The molecule has 0 aliphatic carbocycles. The molecule has 1 unspecified atom stereocenters. The lowest BCUT2D eigenvalue weighted by Crippen LogP contribution is -2.59. The molecule has 0 aromatic carbocycles. The summed E-state index contributed by atoms with van der Waals surface area (Å²) in [5.41, 5.74) is -3.10. The van der Waals surface area contributed by atoms with E-state index in [0.717, 1.165) is 15.8 Å². The van der Waals surface area contributed by atoms with Crippen molar-refractivity contribution in [3.63, 3.8) is 0 Å². The Labute approximate surface area is 140 Å². The van der Waals surface area contributed by atoms with Gasteiger partial charge in [-0.1, -0.05) is 0 Å². The summed E-state index contributed by atoms with van der Waals surface area (Å²) in [7, 11) is 0. The van der Waals surface area contributed by atoms with E-state index in [-0.39, 0.29) is 19.6 Å². The molecule has 3 heterocycles. The number of aryl methyl sites for hydroxylation is 1. The van der Waals surface area contributed by atoms with Crippen LogP contribution in [0.4, 0.5) is 18.0 Å². The number of hydrogen-bond donors (Lipinski definition) is 2. The first-order valence-electron chi connectivity index (χ1n) is 7.74. The molecule has 1 atom stereocenters. The molecule has 0 saturated carbocycles. The normalized spacial score (nSPS) is 23.8. The van der Waals surface area contributed by atoms with Crippen molar-refractivity contribution in [2.45, 2.75) is 38.0 Å². The third-order valence-corrected chi connectivity index (χ3v) is 4.38. The van der Waals surface area contributed by atoms with Gasteiger partial charge in [0.25, 0.3) is 11.8 Å². The van der Waals surface area contributed by atoms with Crippen LogP contribution < -0.4 is 10.6 Å². The number of aromatic nitrogens is 2. The van der Waals surface area contributed by atoms with Gasteiger partial charge in [0.15, 0.2) is 5.69 Å². The van der Waals surface area contributed by atoms with Gasteiger partial charge in [-0.25, -0.2) is 4.79 Å². The summed E-state index contributed by atoms with van der Waals surface area (Å²) >= 11 is 0. The molecule has 1 aromatic rings. The number of carbonyl (C=O) groups is 3. The SMILES string of the molecule is CCn1cc(C(=O)N2CCCC3(C2)NC(=O)NC3=O)c(C(F)(F)F)n1. The second kappa shape index (κ2) is 5.74. The lowest BCUT2D eigenvalue weighted by atomic mass is 9.89. The van der Waals surface area contributed by atoms with Crippen LogP contribution in [0.1, 0.15) is 35.8 Å². The molecule has 1 spiro atoms. The zero-order chi connectivity index (χ0) is 18.4. The lowest BCUT2D eigenvalue weighted by Gasteiger charge is -2.38. The number of piperidine rings is 1. The minimum absolute atomic E-state index is 0.179. The molecule has 2 saturated heterocycles. The van der Waals surface area contributed by atoms with E-state index in [1.807, 2.05) is 0 Å². The van der Waals surface area contributed by atoms with Gasteiger partial charge in [-0.15, -0.1) is 0 Å². The fraction of sp³-hybridized carbons (Fsp3) is 0.571. The minimum atomic E-state index is -4.77. The van der Waals surface area contributed by atoms with Gasteiger partial charge in [-0.3, -0.25) is 19.6 Å². The minimum Gasteiger partial charge on any atom is -0.336 e. The van der Waals surface area contributed by atoms with E-state index in [1.54, 1.807) is 6.92 Å². The molecule has 8 nitrogen and oxygen atoms in total. The summed E-state index contributed by atoms with van der Waals surface area (Å²) in [6.45, 7) is 1.80. The first-order chi connectivity index (χ1) is 11.7. The van der Waals surface area contributed by atoms with Crippen molar-refractivity contribution in [2.24, 2.45) is 0 Å². The number of imide groups is 1. The van der Waals surface area contributed by atoms with Crippen molar-refractivity contribution < 1.29 is 27.6 Å². The fourth-order valence-electron chi connectivity index (χ4n) is 3.16. The van der Waals surface area contributed by atoms with Crippen LogP contribution in [0.5, 0.6) is 0 Å². The molecule has 0 bridgehead atoms. The summed E-state index contributed by atoms with van der Waals surface area (Å²) in [6.07, 6.45) is -3.02. The van der Waals surface area contributed by atoms with Crippen LogP contribution in [-0.2, 0) is 17.5 Å². The van der Waals surface area contributed by atoms with Crippen molar-refractivity contribution in [2.75, 3.05) is 13.1 Å². The molecule has 25 heavy (non-hydrogen) atoms. The quantitative estimate of drug-likeness (QED) is 0.761. The number of urea groups is 1. The predicted molar refractivity (Wildman–Crippen MR) is 77.4 cm³/mol. The predicted octanol–water partition coefficient (Wildman–Crippen LogP) is 0.736. The van der Waals surface area contributed by atoms with Gasteiger partial charge in [0.1, 0.15) is 5.54 Å². The summed E-state index contributed by atoms with van der Waals surface area (Å²) in [4.78, 5) is 37.2. The highest BCUT2D eigenvalue weighted by Gasteiger charge is 2.50. The van der Waals surface area contributed by atoms with Gasteiger partial charge in [-0.2, -0.15) is 18.3 Å². The van der Waals surface area contributed by atoms with E-state index in [1.165, 1.54) is 0 Å². The second-order valence-corrected chi connectivity index (χ2v) is 6.07. The highest BCUT2D eigenvalue weighted by atomic mass is 19.4. The van der Waals surface area contributed by atoms with Crippen LogP contribution in [0.2, 0.25) is 0 Å².